The highest BCUT2D eigenvalue weighted by Gasteiger charge is 2.15. The minimum absolute atomic E-state index is 0.429. The zero-order chi connectivity index (χ0) is 13.8. The third-order valence-corrected chi connectivity index (χ3v) is 1.96. The molecule has 0 saturated carbocycles. The zero-order valence-electron chi connectivity index (χ0n) is 11.3. The Morgan fingerprint density at radius 1 is 1.44 bits per heavy atom. The highest BCUT2D eigenvalue weighted by atomic mass is 16.6. The van der Waals surface area contributed by atoms with Crippen LogP contribution in [0.5, 0.6) is 0 Å². The minimum atomic E-state index is -0.486. The van der Waals surface area contributed by atoms with E-state index in [9.17, 15) is 4.79 Å². The molecule has 0 aliphatic carbocycles. The number of carbonyl (C=O) groups is 1. The zero-order valence-corrected chi connectivity index (χ0v) is 11.3. The molecule has 0 atom stereocenters. The van der Waals surface area contributed by atoms with Crippen LogP contribution in [0.1, 0.15) is 32.3 Å². The lowest BCUT2D eigenvalue weighted by Gasteiger charge is -2.19. The topological polar surface area (TPSA) is 90.1 Å². The molecule has 6 heteroatoms. The summed E-state index contributed by atoms with van der Waals surface area (Å²) < 4.78 is 5.12. The fourth-order valence-electron chi connectivity index (χ4n) is 1.39. The molecule has 1 amide bonds. The first-order valence-electron chi connectivity index (χ1n) is 5.83. The monoisotopic (exact) mass is 252 g/mol. The summed E-state index contributed by atoms with van der Waals surface area (Å²) in [5.74, 6) is 1.07. The van der Waals surface area contributed by atoms with E-state index in [4.69, 9.17) is 10.5 Å². The number of hydrogen-bond acceptors (Lipinski definition) is 5. The summed E-state index contributed by atoms with van der Waals surface area (Å²) in [6.45, 7) is 7.69. The smallest absolute Gasteiger partial charge is 0.407 e. The van der Waals surface area contributed by atoms with Gasteiger partial charge in [0.05, 0.1) is 0 Å². The first kappa shape index (κ1) is 14.2. The van der Waals surface area contributed by atoms with E-state index in [-0.39, 0.29) is 0 Å². The summed E-state index contributed by atoms with van der Waals surface area (Å²) in [7, 11) is 0. The summed E-state index contributed by atoms with van der Waals surface area (Å²) in [6, 6.07) is 1.70. The molecule has 0 radical (unpaired) electrons. The molecule has 0 unspecified atom stereocenters. The molecule has 0 aliphatic heterocycles. The Kier molecular flexibility index (Phi) is 4.47. The number of ether oxygens (including phenoxy) is 1. The average Bonchev–Trinajstić information content (AvgIpc) is 2.12. The third-order valence-electron chi connectivity index (χ3n) is 1.96. The molecule has 1 aromatic rings. The Morgan fingerprint density at radius 3 is 2.67 bits per heavy atom. The van der Waals surface area contributed by atoms with Crippen molar-refractivity contribution < 1.29 is 9.53 Å². The summed E-state index contributed by atoms with van der Waals surface area (Å²) >= 11 is 0. The van der Waals surface area contributed by atoms with Gasteiger partial charge in [-0.05, 0) is 27.7 Å². The van der Waals surface area contributed by atoms with Gasteiger partial charge in [-0.2, -0.15) is 0 Å². The van der Waals surface area contributed by atoms with Gasteiger partial charge in [-0.3, -0.25) is 0 Å². The molecule has 0 spiro atoms. The predicted molar refractivity (Wildman–Crippen MR) is 69.1 cm³/mol. The van der Waals surface area contributed by atoms with E-state index in [1.54, 1.807) is 13.0 Å². The van der Waals surface area contributed by atoms with Crippen molar-refractivity contribution in [3.63, 3.8) is 0 Å². The molecule has 100 valence electrons. The number of aromatic nitrogens is 2. The second-order valence-corrected chi connectivity index (χ2v) is 5.01. The largest absolute Gasteiger partial charge is 0.444 e. The molecule has 3 N–H and O–H groups in total. The summed E-state index contributed by atoms with van der Waals surface area (Å²) in [5.41, 5.74) is 5.93. The molecule has 0 aliphatic rings. The number of rotatable bonds is 3. The number of nitrogens with one attached hydrogen (secondary N) is 1. The Bertz CT molecular complexity index is 406. The fraction of sp³-hybridized carbons (Fsp3) is 0.583. The van der Waals surface area contributed by atoms with Crippen LogP contribution < -0.4 is 11.1 Å². The van der Waals surface area contributed by atoms with E-state index in [2.05, 4.69) is 15.3 Å². The standard InChI is InChI=1S/C12H20N4O2/c1-8-15-9(7-10(13)16-8)5-6-14-11(17)18-12(2,3)4/h7H,5-6H2,1-4H3,(H,14,17)(H2,13,15,16). The molecule has 1 heterocycles. The molecule has 1 rings (SSSR count). The van der Waals surface area contributed by atoms with Gasteiger partial charge in [-0.1, -0.05) is 0 Å². The van der Waals surface area contributed by atoms with Crippen molar-refractivity contribution in [2.45, 2.75) is 39.7 Å². The van der Waals surface area contributed by atoms with Crippen molar-refractivity contribution in [1.29, 1.82) is 0 Å². The summed E-state index contributed by atoms with van der Waals surface area (Å²) in [6.07, 6.45) is 0.161. The number of nitrogens with zero attached hydrogens (tertiary/aromatic N) is 2. The summed E-state index contributed by atoms with van der Waals surface area (Å²) in [4.78, 5) is 19.6. The lowest BCUT2D eigenvalue weighted by atomic mass is 10.2. The first-order valence-corrected chi connectivity index (χ1v) is 5.83. The lowest BCUT2D eigenvalue weighted by Crippen LogP contribution is -2.33. The van der Waals surface area contributed by atoms with E-state index in [1.165, 1.54) is 0 Å². The highest BCUT2D eigenvalue weighted by molar-refractivity contribution is 5.67. The van der Waals surface area contributed by atoms with Gasteiger partial charge in [-0.15, -0.1) is 0 Å². The molecular weight excluding hydrogens is 232 g/mol. The normalized spacial score (nSPS) is 11.1. The lowest BCUT2D eigenvalue weighted by molar-refractivity contribution is 0.0528. The van der Waals surface area contributed by atoms with Crippen molar-refractivity contribution in [3.8, 4) is 0 Å². The molecule has 0 bridgehead atoms. The van der Waals surface area contributed by atoms with Crippen LogP contribution in [-0.2, 0) is 11.2 Å². The molecular formula is C12H20N4O2. The predicted octanol–water partition coefficient (Wildman–Crippen LogP) is 1.43. The Hall–Kier alpha value is -1.85. The van der Waals surface area contributed by atoms with E-state index in [1.807, 2.05) is 20.8 Å². The number of nitrogen functional groups attached to an aromatic ring is 1. The molecule has 0 fully saturated rings. The van der Waals surface area contributed by atoms with E-state index >= 15 is 0 Å². The van der Waals surface area contributed by atoms with Crippen molar-refractivity contribution in [1.82, 2.24) is 15.3 Å². The number of alkyl carbamates (subject to hydrolysis) is 1. The SMILES string of the molecule is Cc1nc(N)cc(CCNC(=O)OC(C)(C)C)n1. The average molecular weight is 252 g/mol. The maximum Gasteiger partial charge on any atom is 0.407 e. The maximum absolute atomic E-state index is 11.4. The van der Waals surface area contributed by atoms with Crippen molar-refractivity contribution in [2.24, 2.45) is 0 Å². The molecule has 6 nitrogen and oxygen atoms in total. The van der Waals surface area contributed by atoms with Gasteiger partial charge in [0.2, 0.25) is 0 Å². The maximum atomic E-state index is 11.4. The van der Waals surface area contributed by atoms with Crippen LogP contribution in [0.15, 0.2) is 6.07 Å². The van der Waals surface area contributed by atoms with Gasteiger partial charge in [-0.25, -0.2) is 14.8 Å². The van der Waals surface area contributed by atoms with Gasteiger partial charge in [0.1, 0.15) is 17.2 Å². The van der Waals surface area contributed by atoms with E-state index in [0.29, 0.717) is 24.6 Å². The van der Waals surface area contributed by atoms with Crippen LogP contribution in [0.2, 0.25) is 0 Å². The molecule has 18 heavy (non-hydrogen) atoms. The Balaban J connectivity index is 2.40. The van der Waals surface area contributed by atoms with Crippen LogP contribution in [-0.4, -0.2) is 28.2 Å². The number of carbonyl (C=O) groups excluding carboxylic acids is 1. The second kappa shape index (κ2) is 5.66. The quantitative estimate of drug-likeness (QED) is 0.849. The number of amides is 1. The molecule has 1 aromatic heterocycles. The van der Waals surface area contributed by atoms with Gasteiger partial charge in [0.25, 0.3) is 0 Å². The third kappa shape index (κ3) is 5.47. The molecule has 0 aromatic carbocycles. The van der Waals surface area contributed by atoms with Crippen LogP contribution in [0.3, 0.4) is 0 Å². The highest BCUT2D eigenvalue weighted by Crippen LogP contribution is 2.06. The van der Waals surface area contributed by atoms with Crippen molar-refractivity contribution in [2.75, 3.05) is 12.3 Å². The van der Waals surface area contributed by atoms with Crippen LogP contribution in [0, 0.1) is 6.92 Å². The minimum Gasteiger partial charge on any atom is -0.444 e. The Labute approximate surface area is 107 Å². The van der Waals surface area contributed by atoms with Crippen LogP contribution in [0.25, 0.3) is 0 Å². The van der Waals surface area contributed by atoms with Crippen LogP contribution in [0.4, 0.5) is 10.6 Å². The van der Waals surface area contributed by atoms with E-state index in [0.717, 1.165) is 5.69 Å². The number of nitrogens with two attached hydrogens (primary N) is 1. The fourth-order valence-corrected chi connectivity index (χ4v) is 1.39. The van der Waals surface area contributed by atoms with Crippen LogP contribution >= 0.6 is 0 Å². The van der Waals surface area contributed by atoms with E-state index < -0.39 is 11.7 Å². The Morgan fingerprint density at radius 2 is 2.11 bits per heavy atom. The number of aryl methyl sites for hydroxylation is 1. The van der Waals surface area contributed by atoms with Gasteiger partial charge in [0, 0.05) is 24.7 Å². The van der Waals surface area contributed by atoms with Gasteiger partial charge in [0.15, 0.2) is 0 Å². The second-order valence-electron chi connectivity index (χ2n) is 5.01. The number of hydrogen-bond donors (Lipinski definition) is 2. The summed E-state index contributed by atoms with van der Waals surface area (Å²) in [5, 5.41) is 2.66. The number of anilines is 1. The van der Waals surface area contributed by atoms with Crippen molar-refractivity contribution in [3.05, 3.63) is 17.6 Å². The first-order chi connectivity index (χ1) is 8.26. The van der Waals surface area contributed by atoms with Crippen molar-refractivity contribution >= 4 is 11.9 Å². The van der Waals surface area contributed by atoms with Gasteiger partial charge < -0.3 is 15.8 Å². The van der Waals surface area contributed by atoms with Gasteiger partial charge >= 0.3 is 6.09 Å². The molecule has 0 saturated heterocycles.